The summed E-state index contributed by atoms with van der Waals surface area (Å²) in [7, 11) is 1.32. The van der Waals surface area contributed by atoms with E-state index in [1.165, 1.54) is 19.2 Å². The van der Waals surface area contributed by atoms with E-state index >= 15 is 0 Å². The smallest absolute Gasteiger partial charge is 0.416 e. The fourth-order valence-corrected chi connectivity index (χ4v) is 3.61. The number of methoxy groups -OCH3 is 1. The van der Waals surface area contributed by atoms with Crippen molar-refractivity contribution in [3.8, 4) is 0 Å². The molecule has 0 bridgehead atoms. The Balaban J connectivity index is 1.74. The molecule has 0 saturated carbocycles. The van der Waals surface area contributed by atoms with Crippen LogP contribution in [0.15, 0.2) is 24.3 Å². The van der Waals surface area contributed by atoms with Crippen molar-refractivity contribution in [1.29, 1.82) is 0 Å². The van der Waals surface area contributed by atoms with Crippen molar-refractivity contribution in [3.05, 3.63) is 29.8 Å². The van der Waals surface area contributed by atoms with Crippen LogP contribution >= 0.6 is 0 Å². The summed E-state index contributed by atoms with van der Waals surface area (Å²) in [6, 6.07) is 3.47. The second-order valence-electron chi connectivity index (χ2n) is 6.67. The number of halogens is 3. The molecule has 0 spiro atoms. The third-order valence-corrected chi connectivity index (χ3v) is 5.06. The van der Waals surface area contributed by atoms with Crippen molar-refractivity contribution in [2.24, 2.45) is 5.92 Å². The first kappa shape index (κ1) is 19.3. The molecule has 2 saturated heterocycles. The lowest BCUT2D eigenvalue weighted by Gasteiger charge is -2.33. The van der Waals surface area contributed by atoms with Gasteiger partial charge in [-0.1, -0.05) is 6.07 Å². The molecule has 0 N–H and O–H groups in total. The van der Waals surface area contributed by atoms with E-state index in [2.05, 4.69) is 0 Å². The number of esters is 1. The summed E-state index contributed by atoms with van der Waals surface area (Å²) >= 11 is 0. The molecule has 2 aliphatic rings. The molecule has 2 fully saturated rings. The van der Waals surface area contributed by atoms with Gasteiger partial charge in [-0.05, 0) is 44.1 Å². The molecule has 1 aromatic carbocycles. The molecule has 0 aliphatic carbocycles. The first-order valence-corrected chi connectivity index (χ1v) is 8.58. The van der Waals surface area contributed by atoms with Gasteiger partial charge in [0, 0.05) is 0 Å². The minimum absolute atomic E-state index is 0.0771. The summed E-state index contributed by atoms with van der Waals surface area (Å²) in [6.45, 7) is 0.889. The van der Waals surface area contributed by atoms with Gasteiger partial charge in [-0.3, -0.25) is 19.3 Å². The van der Waals surface area contributed by atoms with E-state index < -0.39 is 29.6 Å². The van der Waals surface area contributed by atoms with E-state index in [0.29, 0.717) is 25.9 Å². The first-order chi connectivity index (χ1) is 12.7. The van der Waals surface area contributed by atoms with Gasteiger partial charge >= 0.3 is 12.1 Å². The second-order valence-corrected chi connectivity index (χ2v) is 6.67. The van der Waals surface area contributed by atoms with Crippen LogP contribution in [0.5, 0.6) is 0 Å². The Bertz CT molecular complexity index is 757. The molecule has 1 unspecified atom stereocenters. The Morgan fingerprint density at radius 3 is 2.44 bits per heavy atom. The number of likely N-dealkylation sites (tertiary alicyclic amines) is 1. The molecule has 3 rings (SSSR count). The lowest BCUT2D eigenvalue weighted by Crippen LogP contribution is -2.47. The SMILES string of the molecule is COC(=O)C1CCN(C2CC(=O)N(c3cccc(C(F)(F)F)c3)C2=O)CC1. The van der Waals surface area contributed by atoms with E-state index in [0.717, 1.165) is 17.0 Å². The fraction of sp³-hybridized carbons (Fsp3) is 0.500. The number of anilines is 1. The number of benzene rings is 1. The standard InChI is InChI=1S/C18H19F3N2O4/c1-27-17(26)11-5-7-22(8-6-11)14-10-15(24)23(16(14)25)13-4-2-3-12(9-13)18(19,20)21/h2-4,9,11,14H,5-8,10H2,1H3. The van der Waals surface area contributed by atoms with E-state index in [1.807, 2.05) is 4.90 Å². The molecule has 1 aromatic rings. The predicted octanol–water partition coefficient (Wildman–Crippen LogP) is 2.22. The van der Waals surface area contributed by atoms with Crippen LogP contribution < -0.4 is 4.90 Å². The van der Waals surface area contributed by atoms with Crippen molar-refractivity contribution < 1.29 is 32.3 Å². The van der Waals surface area contributed by atoms with Gasteiger partial charge in [-0.15, -0.1) is 0 Å². The van der Waals surface area contributed by atoms with E-state index in [1.54, 1.807) is 0 Å². The number of alkyl halides is 3. The van der Waals surface area contributed by atoms with E-state index in [4.69, 9.17) is 4.74 Å². The van der Waals surface area contributed by atoms with Crippen LogP contribution in [0.25, 0.3) is 0 Å². The Kier molecular flexibility index (Phi) is 5.23. The van der Waals surface area contributed by atoms with Crippen LogP contribution in [-0.4, -0.2) is 48.9 Å². The fourth-order valence-electron chi connectivity index (χ4n) is 3.61. The molecule has 0 aromatic heterocycles. The maximum Gasteiger partial charge on any atom is 0.416 e. The number of hydrogen-bond donors (Lipinski definition) is 0. The van der Waals surface area contributed by atoms with Gasteiger partial charge in [0.05, 0.1) is 36.7 Å². The summed E-state index contributed by atoms with van der Waals surface area (Å²) in [5.74, 6) is -1.60. The van der Waals surface area contributed by atoms with Crippen molar-refractivity contribution in [1.82, 2.24) is 4.90 Å². The van der Waals surface area contributed by atoms with Gasteiger partial charge in [0.15, 0.2) is 0 Å². The average Bonchev–Trinajstić information content (AvgIpc) is 2.95. The third kappa shape index (κ3) is 3.83. The number of ether oxygens (including phenoxy) is 1. The lowest BCUT2D eigenvalue weighted by molar-refractivity contribution is -0.147. The van der Waals surface area contributed by atoms with Crippen molar-refractivity contribution in [2.45, 2.75) is 31.5 Å². The Hall–Kier alpha value is -2.42. The van der Waals surface area contributed by atoms with Gasteiger partial charge < -0.3 is 4.74 Å². The first-order valence-electron chi connectivity index (χ1n) is 8.58. The van der Waals surface area contributed by atoms with Gasteiger partial charge in [-0.25, -0.2) is 4.90 Å². The lowest BCUT2D eigenvalue weighted by atomic mass is 9.95. The quantitative estimate of drug-likeness (QED) is 0.591. The van der Waals surface area contributed by atoms with E-state index in [-0.39, 0.29) is 24.0 Å². The largest absolute Gasteiger partial charge is 0.469 e. The monoisotopic (exact) mass is 384 g/mol. The van der Waals surface area contributed by atoms with Crippen molar-refractivity contribution in [2.75, 3.05) is 25.1 Å². The highest BCUT2D eigenvalue weighted by Crippen LogP contribution is 2.34. The normalized spacial score (nSPS) is 22.4. The van der Waals surface area contributed by atoms with Gasteiger partial charge in [-0.2, -0.15) is 13.2 Å². The van der Waals surface area contributed by atoms with Crippen LogP contribution in [0.2, 0.25) is 0 Å². The van der Waals surface area contributed by atoms with Crippen LogP contribution in [0.3, 0.4) is 0 Å². The molecular formula is C18H19F3N2O4. The number of nitrogens with zero attached hydrogens (tertiary/aromatic N) is 2. The van der Waals surface area contributed by atoms with Crippen LogP contribution in [0.1, 0.15) is 24.8 Å². The summed E-state index contributed by atoms with van der Waals surface area (Å²) in [6.07, 6.45) is -3.63. The summed E-state index contributed by atoms with van der Waals surface area (Å²) in [4.78, 5) is 39.3. The summed E-state index contributed by atoms with van der Waals surface area (Å²) in [5, 5.41) is 0. The number of imide groups is 1. The molecule has 2 aliphatic heterocycles. The van der Waals surface area contributed by atoms with Crippen LogP contribution in [0.4, 0.5) is 18.9 Å². The zero-order valence-corrected chi connectivity index (χ0v) is 14.7. The van der Waals surface area contributed by atoms with Gasteiger partial charge in [0.1, 0.15) is 0 Å². The third-order valence-electron chi connectivity index (χ3n) is 5.06. The Labute approximate surface area is 153 Å². The maximum absolute atomic E-state index is 12.9. The number of carbonyl (C=O) groups is 3. The number of carbonyl (C=O) groups excluding carboxylic acids is 3. The zero-order chi connectivity index (χ0) is 19.8. The molecule has 27 heavy (non-hydrogen) atoms. The molecule has 9 heteroatoms. The summed E-state index contributed by atoms with van der Waals surface area (Å²) < 4.78 is 43.5. The molecular weight excluding hydrogens is 365 g/mol. The van der Waals surface area contributed by atoms with E-state index in [9.17, 15) is 27.6 Å². The molecule has 2 amide bonds. The van der Waals surface area contributed by atoms with Crippen LogP contribution in [0, 0.1) is 5.92 Å². The maximum atomic E-state index is 12.9. The van der Waals surface area contributed by atoms with Crippen LogP contribution in [-0.2, 0) is 25.3 Å². The topological polar surface area (TPSA) is 66.9 Å². The van der Waals surface area contributed by atoms with Gasteiger partial charge in [0.25, 0.3) is 5.91 Å². The molecule has 146 valence electrons. The molecule has 0 radical (unpaired) electrons. The Morgan fingerprint density at radius 2 is 1.85 bits per heavy atom. The second kappa shape index (κ2) is 7.30. The highest BCUT2D eigenvalue weighted by molar-refractivity contribution is 6.22. The number of piperidine rings is 1. The average molecular weight is 384 g/mol. The minimum atomic E-state index is -4.56. The predicted molar refractivity (Wildman–Crippen MR) is 88.7 cm³/mol. The molecule has 1 atom stereocenters. The number of rotatable bonds is 3. The van der Waals surface area contributed by atoms with Gasteiger partial charge in [0.2, 0.25) is 5.91 Å². The van der Waals surface area contributed by atoms with Crippen molar-refractivity contribution >= 4 is 23.5 Å². The molecule has 2 heterocycles. The number of hydrogen-bond acceptors (Lipinski definition) is 5. The minimum Gasteiger partial charge on any atom is -0.469 e. The van der Waals surface area contributed by atoms with Crippen molar-refractivity contribution in [3.63, 3.8) is 0 Å². The zero-order valence-electron chi connectivity index (χ0n) is 14.7. The molecule has 6 nitrogen and oxygen atoms in total. The Morgan fingerprint density at radius 1 is 1.19 bits per heavy atom. The number of amides is 2. The summed E-state index contributed by atoms with van der Waals surface area (Å²) in [5.41, 5.74) is -0.991. The highest BCUT2D eigenvalue weighted by atomic mass is 19.4. The highest BCUT2D eigenvalue weighted by Gasteiger charge is 2.44.